The molecule has 14 heavy (non-hydrogen) atoms. The van der Waals surface area contributed by atoms with E-state index in [0.29, 0.717) is 5.92 Å². The molecule has 0 aliphatic heterocycles. The Hall–Kier alpha value is -0.940. The third-order valence-corrected chi connectivity index (χ3v) is 3.65. The van der Waals surface area contributed by atoms with E-state index in [2.05, 4.69) is 18.2 Å². The monoisotopic (exact) mass is 203 g/mol. The van der Waals surface area contributed by atoms with E-state index < -0.39 is 0 Å². The van der Waals surface area contributed by atoms with Gasteiger partial charge in [0.2, 0.25) is 0 Å². The van der Waals surface area contributed by atoms with E-state index in [1.807, 2.05) is 12.3 Å². The maximum atomic E-state index is 9.05. The second-order valence-electron chi connectivity index (χ2n) is 3.69. The molecule has 72 valence electrons. The Morgan fingerprint density at radius 3 is 2.71 bits per heavy atom. The molecule has 0 aromatic heterocycles. The summed E-state index contributed by atoms with van der Waals surface area (Å²) in [7, 11) is 0. The molecule has 0 amide bonds. The zero-order valence-corrected chi connectivity index (χ0v) is 9.10. The maximum absolute atomic E-state index is 9.05. The highest BCUT2D eigenvalue weighted by Crippen LogP contribution is 2.38. The third-order valence-electron chi connectivity index (χ3n) is 2.93. The number of thioether (sulfide) groups is 1. The molecule has 2 rings (SSSR count). The fraction of sp³-hybridized carbons (Fsp3) is 0.417. The third kappa shape index (κ3) is 1.65. The SMILES string of the molecule is CSc1ccc(C2CCC2)c(C#N)c1. The Labute approximate surface area is 89.1 Å². The smallest absolute Gasteiger partial charge is 0.0995 e. The van der Waals surface area contributed by atoms with Gasteiger partial charge in [-0.25, -0.2) is 0 Å². The highest BCUT2D eigenvalue weighted by atomic mass is 32.2. The van der Waals surface area contributed by atoms with Gasteiger partial charge >= 0.3 is 0 Å². The van der Waals surface area contributed by atoms with Crippen molar-refractivity contribution < 1.29 is 0 Å². The number of hydrogen-bond acceptors (Lipinski definition) is 2. The fourth-order valence-electron chi connectivity index (χ4n) is 1.83. The topological polar surface area (TPSA) is 23.8 Å². The van der Waals surface area contributed by atoms with Crippen LogP contribution in [0.2, 0.25) is 0 Å². The lowest BCUT2D eigenvalue weighted by Gasteiger charge is -2.26. The maximum Gasteiger partial charge on any atom is 0.0995 e. The summed E-state index contributed by atoms with van der Waals surface area (Å²) in [6, 6.07) is 8.58. The van der Waals surface area contributed by atoms with Crippen molar-refractivity contribution >= 4 is 11.8 Å². The molecule has 0 heterocycles. The van der Waals surface area contributed by atoms with Gasteiger partial charge in [-0.05, 0) is 42.7 Å². The average molecular weight is 203 g/mol. The molecule has 1 saturated carbocycles. The van der Waals surface area contributed by atoms with Crippen molar-refractivity contribution in [2.45, 2.75) is 30.1 Å². The van der Waals surface area contributed by atoms with Gasteiger partial charge in [0.05, 0.1) is 11.6 Å². The summed E-state index contributed by atoms with van der Waals surface area (Å²) in [4.78, 5) is 1.18. The molecule has 0 N–H and O–H groups in total. The molecule has 1 aromatic carbocycles. The van der Waals surface area contributed by atoms with Crippen LogP contribution in [0.4, 0.5) is 0 Å². The van der Waals surface area contributed by atoms with Gasteiger partial charge in [0.25, 0.3) is 0 Å². The minimum absolute atomic E-state index is 0.653. The van der Waals surface area contributed by atoms with Gasteiger partial charge in [0.1, 0.15) is 0 Å². The quantitative estimate of drug-likeness (QED) is 0.686. The summed E-state index contributed by atoms with van der Waals surface area (Å²) in [5, 5.41) is 9.05. The van der Waals surface area contributed by atoms with Crippen molar-refractivity contribution in [2.75, 3.05) is 6.26 Å². The zero-order chi connectivity index (χ0) is 9.97. The van der Waals surface area contributed by atoms with Crippen molar-refractivity contribution in [1.29, 1.82) is 5.26 Å². The minimum atomic E-state index is 0.653. The van der Waals surface area contributed by atoms with Crippen LogP contribution in [-0.2, 0) is 0 Å². The van der Waals surface area contributed by atoms with Crippen molar-refractivity contribution in [3.05, 3.63) is 29.3 Å². The first-order valence-electron chi connectivity index (χ1n) is 4.93. The summed E-state index contributed by atoms with van der Waals surface area (Å²) in [6.45, 7) is 0. The predicted octanol–water partition coefficient (Wildman–Crippen LogP) is 3.55. The second-order valence-corrected chi connectivity index (χ2v) is 4.57. The number of nitriles is 1. The Bertz CT molecular complexity index is 374. The Balaban J connectivity index is 2.35. The molecule has 0 bridgehead atoms. The lowest BCUT2D eigenvalue weighted by Crippen LogP contribution is -2.10. The highest BCUT2D eigenvalue weighted by molar-refractivity contribution is 7.98. The van der Waals surface area contributed by atoms with Crippen LogP contribution in [-0.4, -0.2) is 6.26 Å². The van der Waals surface area contributed by atoms with Crippen LogP contribution in [0, 0.1) is 11.3 Å². The average Bonchev–Trinajstić information content (AvgIpc) is 2.16. The van der Waals surface area contributed by atoms with E-state index in [1.165, 1.54) is 29.7 Å². The van der Waals surface area contributed by atoms with E-state index >= 15 is 0 Å². The van der Waals surface area contributed by atoms with Gasteiger partial charge in [-0.15, -0.1) is 11.8 Å². The molecule has 0 atom stereocenters. The van der Waals surface area contributed by atoms with Gasteiger partial charge in [0.15, 0.2) is 0 Å². The number of benzene rings is 1. The van der Waals surface area contributed by atoms with Crippen LogP contribution < -0.4 is 0 Å². The van der Waals surface area contributed by atoms with Gasteiger partial charge in [-0.3, -0.25) is 0 Å². The molecule has 0 radical (unpaired) electrons. The summed E-state index contributed by atoms with van der Waals surface area (Å²) >= 11 is 1.69. The van der Waals surface area contributed by atoms with E-state index in [1.54, 1.807) is 11.8 Å². The summed E-state index contributed by atoms with van der Waals surface area (Å²) < 4.78 is 0. The van der Waals surface area contributed by atoms with Gasteiger partial charge in [-0.2, -0.15) is 5.26 Å². The molecule has 2 heteroatoms. The predicted molar refractivity (Wildman–Crippen MR) is 59.5 cm³/mol. The second kappa shape index (κ2) is 4.06. The lowest BCUT2D eigenvalue weighted by molar-refractivity contribution is 0.419. The van der Waals surface area contributed by atoms with Crippen LogP contribution in [0.1, 0.15) is 36.3 Å². The van der Waals surface area contributed by atoms with Crippen molar-refractivity contribution in [2.24, 2.45) is 0 Å². The van der Waals surface area contributed by atoms with Gasteiger partial charge in [0, 0.05) is 4.90 Å². The van der Waals surface area contributed by atoms with Crippen LogP contribution in [0.3, 0.4) is 0 Å². The molecule has 0 unspecified atom stereocenters. The number of hydrogen-bond donors (Lipinski definition) is 0. The Morgan fingerprint density at radius 2 is 2.21 bits per heavy atom. The largest absolute Gasteiger partial charge is 0.192 e. The van der Waals surface area contributed by atoms with Crippen LogP contribution >= 0.6 is 11.8 Å². The molecule has 1 aliphatic rings. The Morgan fingerprint density at radius 1 is 1.43 bits per heavy atom. The fourth-order valence-corrected chi connectivity index (χ4v) is 2.27. The van der Waals surface area contributed by atoms with E-state index in [-0.39, 0.29) is 0 Å². The van der Waals surface area contributed by atoms with E-state index in [4.69, 9.17) is 5.26 Å². The molecule has 0 saturated heterocycles. The van der Waals surface area contributed by atoms with E-state index in [9.17, 15) is 0 Å². The summed E-state index contributed by atoms with van der Waals surface area (Å²) in [6.07, 6.45) is 5.87. The van der Waals surface area contributed by atoms with Gasteiger partial charge in [-0.1, -0.05) is 12.5 Å². The van der Waals surface area contributed by atoms with Crippen LogP contribution in [0.25, 0.3) is 0 Å². The van der Waals surface area contributed by atoms with Crippen molar-refractivity contribution in [3.8, 4) is 6.07 Å². The van der Waals surface area contributed by atoms with Crippen molar-refractivity contribution in [1.82, 2.24) is 0 Å². The van der Waals surface area contributed by atoms with Crippen molar-refractivity contribution in [3.63, 3.8) is 0 Å². The van der Waals surface area contributed by atoms with Crippen LogP contribution in [0.15, 0.2) is 23.1 Å². The van der Waals surface area contributed by atoms with Gasteiger partial charge < -0.3 is 0 Å². The molecule has 1 aliphatic carbocycles. The molecule has 1 nitrogen and oxygen atoms in total. The number of rotatable bonds is 2. The van der Waals surface area contributed by atoms with E-state index in [0.717, 1.165) is 5.56 Å². The summed E-state index contributed by atoms with van der Waals surface area (Å²) in [5.74, 6) is 0.653. The number of nitrogens with zero attached hydrogens (tertiary/aromatic N) is 1. The Kier molecular flexibility index (Phi) is 2.79. The first kappa shape index (κ1) is 9.61. The molecule has 1 fully saturated rings. The van der Waals surface area contributed by atoms with Crippen LogP contribution in [0.5, 0.6) is 0 Å². The molecular weight excluding hydrogens is 190 g/mol. The lowest BCUT2D eigenvalue weighted by atomic mass is 9.78. The normalized spacial score (nSPS) is 16.0. The molecular formula is C12H13NS. The standard InChI is InChI=1S/C12H13NS/c1-14-11-5-6-12(9-3-2-4-9)10(7-11)8-13/h5-7,9H,2-4H2,1H3. The minimum Gasteiger partial charge on any atom is -0.192 e. The molecule has 1 aromatic rings. The zero-order valence-electron chi connectivity index (χ0n) is 8.29. The highest BCUT2D eigenvalue weighted by Gasteiger charge is 2.22. The first-order chi connectivity index (χ1) is 6.85. The first-order valence-corrected chi connectivity index (χ1v) is 6.15. The summed E-state index contributed by atoms with van der Waals surface area (Å²) in [5.41, 5.74) is 2.14. The molecule has 0 spiro atoms.